The zero-order valence-corrected chi connectivity index (χ0v) is 15.2. The predicted molar refractivity (Wildman–Crippen MR) is 99.0 cm³/mol. The Morgan fingerprint density at radius 2 is 1.96 bits per heavy atom. The summed E-state index contributed by atoms with van der Waals surface area (Å²) in [6.07, 6.45) is 1.67. The van der Waals surface area contributed by atoms with Crippen LogP contribution in [0, 0.1) is 6.92 Å². The maximum Gasteiger partial charge on any atom is 0.320 e. The first-order valence-electron chi connectivity index (χ1n) is 8.29. The molecule has 2 aromatic rings. The minimum Gasteiger partial charge on any atom is -0.480 e. The molecule has 0 radical (unpaired) electrons. The van der Waals surface area contributed by atoms with Crippen molar-refractivity contribution in [1.82, 2.24) is 4.90 Å². The Morgan fingerprint density at radius 1 is 1.25 bits per heavy atom. The monoisotopic (exact) mass is 344 g/mol. The van der Waals surface area contributed by atoms with Crippen molar-refractivity contribution in [3.8, 4) is 0 Å². The molecule has 0 saturated carbocycles. The largest absolute Gasteiger partial charge is 0.480 e. The van der Waals surface area contributed by atoms with Gasteiger partial charge in [-0.15, -0.1) is 11.3 Å². The molecule has 128 valence electrons. The van der Waals surface area contributed by atoms with Gasteiger partial charge in [0, 0.05) is 36.1 Å². The number of carboxylic acids is 1. The van der Waals surface area contributed by atoms with Crippen molar-refractivity contribution >= 4 is 23.0 Å². The Hall–Kier alpha value is -1.85. The Bertz CT molecular complexity index is 708. The highest BCUT2D eigenvalue weighted by Crippen LogP contribution is 2.38. The van der Waals surface area contributed by atoms with Crippen LogP contribution >= 0.6 is 11.3 Å². The number of hydrogen-bond acceptors (Lipinski definition) is 4. The normalized spacial score (nSPS) is 19.4. The van der Waals surface area contributed by atoms with Crippen molar-refractivity contribution in [2.24, 2.45) is 0 Å². The quantitative estimate of drug-likeness (QED) is 0.897. The lowest BCUT2D eigenvalue weighted by Crippen LogP contribution is -2.39. The molecule has 0 bridgehead atoms. The maximum absolute atomic E-state index is 11.7. The number of rotatable bonds is 5. The van der Waals surface area contributed by atoms with E-state index in [1.54, 1.807) is 11.3 Å². The number of aryl methyl sites for hydroxylation is 1. The summed E-state index contributed by atoms with van der Waals surface area (Å²) in [4.78, 5) is 18.4. The third kappa shape index (κ3) is 3.32. The molecule has 24 heavy (non-hydrogen) atoms. The van der Waals surface area contributed by atoms with Crippen molar-refractivity contribution < 1.29 is 9.90 Å². The molecular formula is C19H24N2O2S. The molecule has 0 amide bonds. The van der Waals surface area contributed by atoms with Crippen molar-refractivity contribution in [3.63, 3.8) is 0 Å². The Kier molecular flexibility index (Phi) is 4.92. The molecule has 2 unspecified atom stereocenters. The van der Waals surface area contributed by atoms with Gasteiger partial charge in [-0.1, -0.05) is 12.1 Å². The van der Waals surface area contributed by atoms with E-state index in [0.717, 1.165) is 30.6 Å². The molecule has 1 saturated heterocycles. The summed E-state index contributed by atoms with van der Waals surface area (Å²) in [6, 6.07) is 12.4. The van der Waals surface area contributed by atoms with Crippen LogP contribution in [0.2, 0.25) is 0 Å². The Labute approximate surface area is 147 Å². The van der Waals surface area contributed by atoms with Crippen LogP contribution < -0.4 is 4.90 Å². The third-order valence-electron chi connectivity index (χ3n) is 4.67. The van der Waals surface area contributed by atoms with Crippen molar-refractivity contribution in [2.45, 2.75) is 31.8 Å². The number of thiophene rings is 1. The van der Waals surface area contributed by atoms with Gasteiger partial charge in [0.25, 0.3) is 0 Å². The average Bonchev–Trinajstić information content (AvgIpc) is 3.18. The zero-order valence-electron chi connectivity index (χ0n) is 14.4. The topological polar surface area (TPSA) is 43.8 Å². The van der Waals surface area contributed by atoms with E-state index in [-0.39, 0.29) is 6.04 Å². The summed E-state index contributed by atoms with van der Waals surface area (Å²) < 4.78 is 0. The minimum atomic E-state index is -0.712. The summed E-state index contributed by atoms with van der Waals surface area (Å²) in [5.74, 6) is -0.712. The molecular weight excluding hydrogens is 320 g/mol. The SMILES string of the molecule is Cc1ccc(C(c2ccc(N(C)C)cc2)N2CCCC2C(=O)O)s1. The number of carboxylic acid groups (broad SMARTS) is 1. The highest BCUT2D eigenvalue weighted by atomic mass is 32.1. The zero-order chi connectivity index (χ0) is 17.3. The predicted octanol–water partition coefficient (Wildman–Crippen LogP) is 3.76. The van der Waals surface area contributed by atoms with E-state index in [9.17, 15) is 9.90 Å². The minimum absolute atomic E-state index is 0.0171. The molecule has 0 spiro atoms. The molecule has 1 fully saturated rings. The molecule has 4 nitrogen and oxygen atoms in total. The maximum atomic E-state index is 11.7. The summed E-state index contributed by atoms with van der Waals surface area (Å²) in [5.41, 5.74) is 2.31. The van der Waals surface area contributed by atoms with Gasteiger partial charge >= 0.3 is 5.97 Å². The van der Waals surface area contributed by atoms with Crippen LogP contribution in [0.4, 0.5) is 5.69 Å². The molecule has 1 aliphatic heterocycles. The third-order valence-corrected chi connectivity index (χ3v) is 5.72. The Morgan fingerprint density at radius 3 is 2.50 bits per heavy atom. The Balaban J connectivity index is 2.00. The van der Waals surface area contributed by atoms with Crippen LogP contribution in [0.25, 0.3) is 0 Å². The molecule has 0 aliphatic carbocycles. The number of benzene rings is 1. The van der Waals surface area contributed by atoms with Crippen LogP contribution in [0.3, 0.4) is 0 Å². The summed E-state index contributed by atoms with van der Waals surface area (Å²) in [5, 5.41) is 9.60. The smallest absolute Gasteiger partial charge is 0.320 e. The first-order chi connectivity index (χ1) is 11.5. The molecule has 2 atom stereocenters. The lowest BCUT2D eigenvalue weighted by molar-refractivity contribution is -0.142. The van der Waals surface area contributed by atoms with Crippen molar-refractivity contribution in [2.75, 3.05) is 25.5 Å². The fourth-order valence-corrected chi connectivity index (χ4v) is 4.46. The van der Waals surface area contributed by atoms with Crippen molar-refractivity contribution in [1.29, 1.82) is 0 Å². The molecule has 2 heterocycles. The van der Waals surface area contributed by atoms with Crippen LogP contribution in [-0.2, 0) is 4.79 Å². The first kappa shape index (κ1) is 17.0. The molecule has 1 aromatic carbocycles. The fourth-order valence-electron chi connectivity index (χ4n) is 3.44. The van der Waals surface area contributed by atoms with Gasteiger partial charge in [-0.3, -0.25) is 9.69 Å². The van der Waals surface area contributed by atoms with E-state index in [0.29, 0.717) is 0 Å². The van der Waals surface area contributed by atoms with Crippen LogP contribution in [0.15, 0.2) is 36.4 Å². The van der Waals surface area contributed by atoms with Gasteiger partial charge < -0.3 is 10.0 Å². The van der Waals surface area contributed by atoms with E-state index in [1.165, 1.54) is 9.75 Å². The van der Waals surface area contributed by atoms with Gasteiger partial charge in [-0.2, -0.15) is 0 Å². The highest BCUT2D eigenvalue weighted by molar-refractivity contribution is 7.12. The van der Waals surface area contributed by atoms with E-state index < -0.39 is 12.0 Å². The molecule has 1 aromatic heterocycles. The first-order valence-corrected chi connectivity index (χ1v) is 9.11. The number of likely N-dealkylation sites (tertiary alicyclic amines) is 1. The van der Waals surface area contributed by atoms with E-state index >= 15 is 0 Å². The van der Waals surface area contributed by atoms with E-state index in [1.807, 2.05) is 14.1 Å². The van der Waals surface area contributed by atoms with Crippen LogP contribution in [0.5, 0.6) is 0 Å². The van der Waals surface area contributed by atoms with Gasteiger partial charge in [0.2, 0.25) is 0 Å². The van der Waals surface area contributed by atoms with E-state index in [4.69, 9.17) is 0 Å². The number of hydrogen-bond donors (Lipinski definition) is 1. The van der Waals surface area contributed by atoms with Crippen LogP contribution in [0.1, 0.15) is 34.2 Å². The van der Waals surface area contributed by atoms with Gasteiger partial charge in [-0.05, 0) is 49.6 Å². The average molecular weight is 344 g/mol. The van der Waals surface area contributed by atoms with E-state index in [2.05, 4.69) is 53.1 Å². The molecule has 1 aliphatic rings. The van der Waals surface area contributed by atoms with Gasteiger partial charge in [0.15, 0.2) is 0 Å². The van der Waals surface area contributed by atoms with Crippen LogP contribution in [-0.4, -0.2) is 42.7 Å². The number of nitrogens with zero attached hydrogens (tertiary/aromatic N) is 2. The number of aliphatic carboxylic acids is 1. The highest BCUT2D eigenvalue weighted by Gasteiger charge is 2.37. The standard InChI is InChI=1S/C19H24N2O2S/c1-13-6-11-17(24-13)18(21-12-4-5-16(21)19(22)23)14-7-9-15(10-8-14)20(2)3/h6-11,16,18H,4-5,12H2,1-3H3,(H,22,23). The lowest BCUT2D eigenvalue weighted by atomic mass is 10.0. The van der Waals surface area contributed by atoms with Gasteiger partial charge in [0.1, 0.15) is 6.04 Å². The fraction of sp³-hybridized carbons (Fsp3) is 0.421. The van der Waals surface area contributed by atoms with Gasteiger partial charge in [-0.25, -0.2) is 0 Å². The number of anilines is 1. The molecule has 5 heteroatoms. The van der Waals surface area contributed by atoms with Crippen molar-refractivity contribution in [3.05, 3.63) is 51.7 Å². The summed E-state index contributed by atoms with van der Waals surface area (Å²) in [6.45, 7) is 2.92. The summed E-state index contributed by atoms with van der Waals surface area (Å²) >= 11 is 1.76. The van der Waals surface area contributed by atoms with Gasteiger partial charge in [0.05, 0.1) is 6.04 Å². The number of carbonyl (C=O) groups is 1. The summed E-state index contributed by atoms with van der Waals surface area (Å²) in [7, 11) is 4.05. The second-order valence-electron chi connectivity index (χ2n) is 6.57. The lowest BCUT2D eigenvalue weighted by Gasteiger charge is -2.31. The second-order valence-corrected chi connectivity index (χ2v) is 7.89. The second kappa shape index (κ2) is 6.95. The molecule has 1 N–H and O–H groups in total. The molecule has 3 rings (SSSR count).